The van der Waals surface area contributed by atoms with Crippen molar-refractivity contribution in [3.63, 3.8) is 0 Å². The van der Waals surface area contributed by atoms with Crippen molar-refractivity contribution < 1.29 is 4.79 Å². The Kier molecular flexibility index (Phi) is 2.63. The Morgan fingerprint density at radius 2 is 2.14 bits per heavy atom. The van der Waals surface area contributed by atoms with Crippen molar-refractivity contribution in [1.82, 2.24) is 20.2 Å². The van der Waals surface area contributed by atoms with Crippen molar-refractivity contribution in [2.45, 2.75) is 19.4 Å². The summed E-state index contributed by atoms with van der Waals surface area (Å²) in [6.07, 6.45) is 3.78. The minimum atomic E-state index is -0.412. The smallest absolute Gasteiger partial charge is 0.224 e. The molecule has 3 atom stereocenters. The van der Waals surface area contributed by atoms with Gasteiger partial charge in [0.25, 0.3) is 0 Å². The molecule has 1 saturated carbocycles. The Morgan fingerprint density at radius 1 is 1.38 bits per heavy atom. The molecule has 2 aromatic heterocycles. The van der Waals surface area contributed by atoms with Crippen molar-refractivity contribution in [2.24, 2.45) is 17.8 Å². The standard InChI is InChI=1S/C16H20N4O/c1-16(2,12-9-18-20-6-4-3-5-13(12)20)19-15(21)14-10-7-17-8-11(10)14/h3-6,9-11,14,17H,7-8H2,1-2H3,(H,19,21)/t10-,11+,14+. The zero-order valence-electron chi connectivity index (χ0n) is 12.3. The lowest BCUT2D eigenvalue weighted by Gasteiger charge is -2.26. The predicted molar refractivity (Wildman–Crippen MR) is 79.7 cm³/mol. The Hall–Kier alpha value is -1.88. The molecular weight excluding hydrogens is 264 g/mol. The van der Waals surface area contributed by atoms with Crippen LogP contribution in [0.4, 0.5) is 0 Å². The Morgan fingerprint density at radius 3 is 2.90 bits per heavy atom. The van der Waals surface area contributed by atoms with E-state index in [2.05, 4.69) is 15.7 Å². The molecule has 0 unspecified atom stereocenters. The van der Waals surface area contributed by atoms with Crippen molar-refractivity contribution >= 4 is 11.4 Å². The van der Waals surface area contributed by atoms with Crippen LogP contribution < -0.4 is 10.6 Å². The van der Waals surface area contributed by atoms with Crippen LogP contribution in [-0.2, 0) is 10.3 Å². The normalized spacial score (nSPS) is 27.6. The number of carbonyl (C=O) groups is 1. The molecule has 2 aromatic rings. The van der Waals surface area contributed by atoms with Crippen LogP contribution in [0.3, 0.4) is 0 Å². The number of nitrogens with zero attached hydrogens (tertiary/aromatic N) is 2. The number of carbonyl (C=O) groups excluding carboxylic acids is 1. The molecule has 2 fully saturated rings. The summed E-state index contributed by atoms with van der Waals surface area (Å²) < 4.78 is 1.85. The molecule has 1 saturated heterocycles. The molecule has 0 spiro atoms. The number of aromatic nitrogens is 2. The average molecular weight is 284 g/mol. The average Bonchev–Trinajstić information content (AvgIpc) is 2.82. The van der Waals surface area contributed by atoms with Gasteiger partial charge in [0.1, 0.15) is 0 Å². The minimum absolute atomic E-state index is 0.187. The summed E-state index contributed by atoms with van der Waals surface area (Å²) in [5.41, 5.74) is 1.69. The summed E-state index contributed by atoms with van der Waals surface area (Å²) in [5.74, 6) is 1.48. The maximum absolute atomic E-state index is 12.5. The lowest BCUT2D eigenvalue weighted by Crippen LogP contribution is -2.43. The summed E-state index contributed by atoms with van der Waals surface area (Å²) >= 11 is 0. The van der Waals surface area contributed by atoms with E-state index in [1.165, 1.54) is 0 Å². The molecule has 0 aromatic carbocycles. The summed E-state index contributed by atoms with van der Waals surface area (Å²) in [5, 5.41) is 10.9. The van der Waals surface area contributed by atoms with E-state index in [0.29, 0.717) is 11.8 Å². The predicted octanol–water partition coefficient (Wildman–Crippen LogP) is 1.15. The van der Waals surface area contributed by atoms with Gasteiger partial charge in [-0.3, -0.25) is 4.79 Å². The molecule has 21 heavy (non-hydrogen) atoms. The van der Waals surface area contributed by atoms with E-state index in [1.807, 2.05) is 49.0 Å². The minimum Gasteiger partial charge on any atom is -0.347 e. The van der Waals surface area contributed by atoms with Gasteiger partial charge in [0.05, 0.1) is 17.3 Å². The highest BCUT2D eigenvalue weighted by atomic mass is 16.2. The zero-order valence-corrected chi connectivity index (χ0v) is 12.3. The highest BCUT2D eigenvalue weighted by Gasteiger charge is 2.57. The Bertz CT molecular complexity index is 695. The van der Waals surface area contributed by atoms with Crippen LogP contribution >= 0.6 is 0 Å². The quantitative estimate of drug-likeness (QED) is 0.889. The first-order valence-electron chi connectivity index (χ1n) is 7.53. The van der Waals surface area contributed by atoms with Crippen molar-refractivity contribution in [2.75, 3.05) is 13.1 Å². The molecule has 0 radical (unpaired) electrons. The van der Waals surface area contributed by atoms with Crippen LogP contribution in [0.25, 0.3) is 5.52 Å². The van der Waals surface area contributed by atoms with Crippen LogP contribution in [0.2, 0.25) is 0 Å². The number of pyridine rings is 1. The first-order chi connectivity index (χ1) is 10.1. The first kappa shape index (κ1) is 12.8. The highest BCUT2D eigenvalue weighted by molar-refractivity contribution is 5.83. The van der Waals surface area contributed by atoms with E-state index in [0.717, 1.165) is 24.2 Å². The van der Waals surface area contributed by atoms with Crippen LogP contribution in [-0.4, -0.2) is 28.6 Å². The second-order valence-electron chi connectivity index (χ2n) is 6.71. The van der Waals surface area contributed by atoms with E-state index >= 15 is 0 Å². The van der Waals surface area contributed by atoms with Gasteiger partial charge in [0.15, 0.2) is 0 Å². The third-order valence-electron chi connectivity index (χ3n) is 4.93. The van der Waals surface area contributed by atoms with Crippen molar-refractivity contribution in [3.8, 4) is 0 Å². The molecule has 1 aliphatic heterocycles. The molecule has 5 nitrogen and oxygen atoms in total. The number of fused-ring (bicyclic) bond motifs is 2. The fraction of sp³-hybridized carbons (Fsp3) is 0.500. The lowest BCUT2D eigenvalue weighted by molar-refractivity contribution is -0.124. The molecule has 2 N–H and O–H groups in total. The van der Waals surface area contributed by atoms with Crippen LogP contribution in [0.5, 0.6) is 0 Å². The van der Waals surface area contributed by atoms with Gasteiger partial charge in [0.2, 0.25) is 5.91 Å². The lowest BCUT2D eigenvalue weighted by atomic mass is 9.95. The van der Waals surface area contributed by atoms with Crippen LogP contribution in [0.15, 0.2) is 30.6 Å². The maximum Gasteiger partial charge on any atom is 0.224 e. The van der Waals surface area contributed by atoms with E-state index in [1.54, 1.807) is 0 Å². The van der Waals surface area contributed by atoms with E-state index in [-0.39, 0.29) is 11.8 Å². The summed E-state index contributed by atoms with van der Waals surface area (Å²) in [6.45, 7) is 6.07. The fourth-order valence-corrected chi connectivity index (χ4v) is 3.68. The van der Waals surface area contributed by atoms with Gasteiger partial charge in [-0.15, -0.1) is 0 Å². The molecule has 1 amide bonds. The zero-order chi connectivity index (χ0) is 14.6. The third-order valence-corrected chi connectivity index (χ3v) is 4.93. The summed E-state index contributed by atoms with van der Waals surface area (Å²) in [6, 6.07) is 5.98. The molecule has 4 rings (SSSR count). The summed E-state index contributed by atoms with van der Waals surface area (Å²) in [7, 11) is 0. The van der Waals surface area contributed by atoms with Gasteiger partial charge in [0, 0.05) is 17.7 Å². The van der Waals surface area contributed by atoms with Crippen LogP contribution in [0.1, 0.15) is 19.4 Å². The number of hydrogen-bond acceptors (Lipinski definition) is 3. The monoisotopic (exact) mass is 284 g/mol. The molecule has 0 bridgehead atoms. The van der Waals surface area contributed by atoms with Gasteiger partial charge in [-0.05, 0) is 50.9 Å². The topological polar surface area (TPSA) is 58.4 Å². The largest absolute Gasteiger partial charge is 0.347 e. The van der Waals surface area contributed by atoms with Gasteiger partial charge in [-0.25, -0.2) is 4.52 Å². The van der Waals surface area contributed by atoms with Gasteiger partial charge >= 0.3 is 0 Å². The second-order valence-corrected chi connectivity index (χ2v) is 6.71. The maximum atomic E-state index is 12.5. The molecule has 110 valence electrons. The number of rotatable bonds is 3. The number of piperidine rings is 1. The second kappa shape index (κ2) is 4.31. The highest BCUT2D eigenvalue weighted by Crippen LogP contribution is 2.49. The van der Waals surface area contributed by atoms with Gasteiger partial charge < -0.3 is 10.6 Å². The molecular formula is C16H20N4O. The van der Waals surface area contributed by atoms with Crippen LogP contribution in [0, 0.1) is 17.8 Å². The van der Waals surface area contributed by atoms with Gasteiger partial charge in [-0.2, -0.15) is 5.10 Å². The molecule has 5 heteroatoms. The Balaban J connectivity index is 1.57. The molecule has 1 aliphatic carbocycles. The number of nitrogens with one attached hydrogen (secondary N) is 2. The molecule has 3 heterocycles. The van der Waals surface area contributed by atoms with Crippen molar-refractivity contribution in [3.05, 3.63) is 36.2 Å². The van der Waals surface area contributed by atoms with E-state index in [9.17, 15) is 4.79 Å². The fourth-order valence-electron chi connectivity index (χ4n) is 3.68. The van der Waals surface area contributed by atoms with Gasteiger partial charge in [-0.1, -0.05) is 6.07 Å². The SMILES string of the molecule is CC(C)(NC(=O)[C@H]1[C@@H]2CNC[C@@H]21)c1cnn2ccccc12. The van der Waals surface area contributed by atoms with E-state index in [4.69, 9.17) is 0 Å². The molecule has 2 aliphatic rings. The summed E-state index contributed by atoms with van der Waals surface area (Å²) in [4.78, 5) is 12.5. The Labute approximate surface area is 123 Å². The first-order valence-corrected chi connectivity index (χ1v) is 7.53. The number of hydrogen-bond donors (Lipinski definition) is 2. The van der Waals surface area contributed by atoms with E-state index < -0.39 is 5.54 Å². The third kappa shape index (κ3) is 1.95. The number of amides is 1. The van der Waals surface area contributed by atoms with Crippen molar-refractivity contribution in [1.29, 1.82) is 0 Å².